The maximum atomic E-state index is 11.3. The van der Waals surface area contributed by atoms with Gasteiger partial charge in [0.25, 0.3) is 0 Å². The first-order valence-corrected chi connectivity index (χ1v) is 5.29. The molecule has 0 bridgehead atoms. The summed E-state index contributed by atoms with van der Waals surface area (Å²) in [6.45, 7) is 4.41. The number of aromatic nitrogens is 2. The van der Waals surface area contributed by atoms with E-state index in [1.54, 1.807) is 6.92 Å². The maximum absolute atomic E-state index is 11.3. The molecule has 0 aromatic carbocycles. The molecule has 0 radical (unpaired) electrons. The Balaban J connectivity index is 2.94. The average molecular weight is 237 g/mol. The van der Waals surface area contributed by atoms with Crippen molar-refractivity contribution in [1.82, 2.24) is 9.78 Å². The van der Waals surface area contributed by atoms with E-state index in [0.717, 1.165) is 0 Å². The molecule has 0 unspecified atom stereocenters. The number of carbonyl (C=O) groups excluding carboxylic acids is 1. The zero-order valence-corrected chi connectivity index (χ0v) is 9.86. The summed E-state index contributed by atoms with van der Waals surface area (Å²) >= 11 is 0. The second-order valence-electron chi connectivity index (χ2n) is 3.21. The van der Waals surface area contributed by atoms with Crippen LogP contribution in [-0.2, 0) is 16.1 Å². The quantitative estimate of drug-likeness (QED) is 0.715. The minimum absolute atomic E-state index is 0.0975. The lowest BCUT2D eigenvalue weighted by atomic mass is 10.3. The number of carbonyl (C=O) groups is 1. The van der Waals surface area contributed by atoms with E-state index >= 15 is 0 Å². The summed E-state index contributed by atoms with van der Waals surface area (Å²) in [5.74, 6) is 0.113. The molecule has 1 rings (SSSR count). The molecular formula is C10H15N5O2. The zero-order valence-electron chi connectivity index (χ0n) is 9.86. The maximum Gasteiger partial charge on any atom is 0.327 e. The third-order valence-electron chi connectivity index (χ3n) is 2.03. The van der Waals surface area contributed by atoms with Crippen LogP contribution in [0.4, 0.5) is 11.6 Å². The number of nitriles is 1. The number of ether oxygens (including phenoxy) is 1. The Morgan fingerprint density at radius 1 is 1.65 bits per heavy atom. The van der Waals surface area contributed by atoms with Crippen molar-refractivity contribution in [2.24, 2.45) is 0 Å². The van der Waals surface area contributed by atoms with Crippen LogP contribution in [0, 0.1) is 11.3 Å². The Kier molecular flexibility index (Phi) is 4.34. The number of esters is 1. The van der Waals surface area contributed by atoms with Gasteiger partial charge in [0.1, 0.15) is 24.0 Å². The van der Waals surface area contributed by atoms with Gasteiger partial charge < -0.3 is 15.8 Å². The van der Waals surface area contributed by atoms with Gasteiger partial charge in [-0.25, -0.2) is 4.68 Å². The molecule has 1 aromatic heterocycles. The molecule has 0 saturated heterocycles. The fourth-order valence-electron chi connectivity index (χ4n) is 1.33. The third kappa shape index (κ3) is 2.87. The topological polar surface area (TPSA) is 106 Å². The summed E-state index contributed by atoms with van der Waals surface area (Å²) in [5.41, 5.74) is 5.97. The third-order valence-corrected chi connectivity index (χ3v) is 2.03. The Bertz CT molecular complexity index is 446. The molecule has 0 atom stereocenters. The first-order valence-electron chi connectivity index (χ1n) is 5.29. The van der Waals surface area contributed by atoms with Gasteiger partial charge in [0.2, 0.25) is 0 Å². The summed E-state index contributed by atoms with van der Waals surface area (Å²) in [6, 6.07) is 1.95. The van der Waals surface area contributed by atoms with E-state index in [2.05, 4.69) is 10.4 Å². The van der Waals surface area contributed by atoms with Crippen LogP contribution in [0.1, 0.15) is 19.4 Å². The SMILES string of the molecule is CCNc1nn(CC(=O)OCC)c(N)c1C#N. The molecule has 0 saturated carbocycles. The van der Waals surface area contributed by atoms with Crippen LogP contribution >= 0.6 is 0 Å². The number of nitrogens with one attached hydrogen (secondary N) is 1. The van der Waals surface area contributed by atoms with Crippen molar-refractivity contribution in [1.29, 1.82) is 5.26 Å². The molecule has 1 heterocycles. The van der Waals surface area contributed by atoms with E-state index in [1.807, 2.05) is 13.0 Å². The van der Waals surface area contributed by atoms with Crippen molar-refractivity contribution < 1.29 is 9.53 Å². The highest BCUT2D eigenvalue weighted by Gasteiger charge is 2.16. The highest BCUT2D eigenvalue weighted by molar-refractivity contribution is 5.71. The molecule has 0 aliphatic rings. The predicted octanol–water partition coefficient (Wildman–Crippen LogP) is 0.332. The van der Waals surface area contributed by atoms with E-state index in [-0.39, 0.29) is 17.9 Å². The van der Waals surface area contributed by atoms with Crippen molar-refractivity contribution in [3.8, 4) is 6.07 Å². The van der Waals surface area contributed by atoms with Crippen molar-refractivity contribution in [2.45, 2.75) is 20.4 Å². The molecule has 0 fully saturated rings. The predicted molar refractivity (Wildman–Crippen MR) is 62.2 cm³/mol. The highest BCUT2D eigenvalue weighted by Crippen LogP contribution is 2.20. The summed E-state index contributed by atoms with van der Waals surface area (Å²) < 4.78 is 6.04. The van der Waals surface area contributed by atoms with Gasteiger partial charge in [0.05, 0.1) is 6.61 Å². The lowest BCUT2D eigenvalue weighted by molar-refractivity contribution is -0.143. The fourth-order valence-corrected chi connectivity index (χ4v) is 1.33. The Morgan fingerprint density at radius 3 is 2.88 bits per heavy atom. The van der Waals surface area contributed by atoms with Gasteiger partial charge in [0, 0.05) is 6.54 Å². The van der Waals surface area contributed by atoms with Gasteiger partial charge >= 0.3 is 5.97 Å². The minimum atomic E-state index is -0.436. The van der Waals surface area contributed by atoms with E-state index in [0.29, 0.717) is 19.0 Å². The van der Waals surface area contributed by atoms with E-state index in [4.69, 9.17) is 15.7 Å². The largest absolute Gasteiger partial charge is 0.465 e. The fraction of sp³-hybridized carbons (Fsp3) is 0.500. The number of anilines is 2. The average Bonchev–Trinajstić information content (AvgIpc) is 2.56. The Labute approximate surface area is 99.2 Å². The highest BCUT2D eigenvalue weighted by atomic mass is 16.5. The molecule has 1 aromatic rings. The number of rotatable bonds is 5. The van der Waals surface area contributed by atoms with Crippen LogP contribution in [0.15, 0.2) is 0 Å². The van der Waals surface area contributed by atoms with Crippen LogP contribution in [0.25, 0.3) is 0 Å². The molecule has 3 N–H and O–H groups in total. The van der Waals surface area contributed by atoms with Crippen LogP contribution < -0.4 is 11.1 Å². The van der Waals surface area contributed by atoms with Gasteiger partial charge in [-0.1, -0.05) is 0 Å². The van der Waals surface area contributed by atoms with Gasteiger partial charge in [-0.15, -0.1) is 0 Å². The lowest BCUT2D eigenvalue weighted by Crippen LogP contribution is -2.16. The number of hydrogen-bond acceptors (Lipinski definition) is 6. The van der Waals surface area contributed by atoms with E-state index < -0.39 is 5.97 Å². The second-order valence-corrected chi connectivity index (χ2v) is 3.21. The summed E-state index contributed by atoms with van der Waals surface area (Å²) in [5, 5.41) is 15.9. The number of hydrogen-bond donors (Lipinski definition) is 2. The van der Waals surface area contributed by atoms with E-state index in [1.165, 1.54) is 4.68 Å². The van der Waals surface area contributed by atoms with Gasteiger partial charge in [0.15, 0.2) is 5.82 Å². The second kappa shape index (κ2) is 5.75. The molecule has 17 heavy (non-hydrogen) atoms. The van der Waals surface area contributed by atoms with Gasteiger partial charge in [-0.2, -0.15) is 10.4 Å². The summed E-state index contributed by atoms with van der Waals surface area (Å²) in [6.07, 6.45) is 0. The number of nitrogens with two attached hydrogens (primary N) is 1. The summed E-state index contributed by atoms with van der Waals surface area (Å²) in [4.78, 5) is 11.3. The molecule has 7 nitrogen and oxygen atoms in total. The van der Waals surface area contributed by atoms with Crippen LogP contribution in [0.5, 0.6) is 0 Å². The van der Waals surface area contributed by atoms with Crippen molar-refractivity contribution in [3.63, 3.8) is 0 Å². The zero-order chi connectivity index (χ0) is 12.8. The Morgan fingerprint density at radius 2 is 2.35 bits per heavy atom. The monoisotopic (exact) mass is 237 g/mol. The Hall–Kier alpha value is -2.23. The molecule has 0 aliphatic carbocycles. The molecule has 0 amide bonds. The normalized spacial score (nSPS) is 9.71. The van der Waals surface area contributed by atoms with E-state index in [9.17, 15) is 4.79 Å². The molecular weight excluding hydrogens is 222 g/mol. The first-order chi connectivity index (χ1) is 8.13. The van der Waals surface area contributed by atoms with Crippen molar-refractivity contribution >= 4 is 17.6 Å². The minimum Gasteiger partial charge on any atom is -0.465 e. The molecule has 7 heteroatoms. The van der Waals surface area contributed by atoms with Gasteiger partial charge in [-0.3, -0.25) is 4.79 Å². The van der Waals surface area contributed by atoms with Crippen LogP contribution in [-0.4, -0.2) is 28.9 Å². The van der Waals surface area contributed by atoms with Crippen LogP contribution in [0.3, 0.4) is 0 Å². The molecule has 92 valence electrons. The van der Waals surface area contributed by atoms with Gasteiger partial charge in [-0.05, 0) is 13.8 Å². The summed E-state index contributed by atoms with van der Waals surface area (Å²) in [7, 11) is 0. The van der Waals surface area contributed by atoms with Crippen LogP contribution in [0.2, 0.25) is 0 Å². The van der Waals surface area contributed by atoms with Crippen molar-refractivity contribution in [2.75, 3.05) is 24.2 Å². The van der Waals surface area contributed by atoms with Crippen molar-refractivity contribution in [3.05, 3.63) is 5.56 Å². The smallest absolute Gasteiger partial charge is 0.327 e. The molecule has 0 spiro atoms. The standard InChI is InChI=1S/C10H15N5O2/c1-3-13-10-7(5-11)9(12)15(14-10)6-8(16)17-4-2/h3-4,6,12H2,1-2H3,(H,13,14). The molecule has 0 aliphatic heterocycles. The lowest BCUT2D eigenvalue weighted by Gasteiger charge is -2.03. The first kappa shape index (κ1) is 12.8. The number of nitrogens with zero attached hydrogens (tertiary/aromatic N) is 3. The number of nitrogen functional groups attached to an aromatic ring is 1.